The molecule has 1 aromatic carbocycles. The maximum absolute atomic E-state index is 6.02. The highest BCUT2D eigenvalue weighted by atomic mass is 35.5. The Balaban J connectivity index is 2.94. The second kappa shape index (κ2) is 2.89. The summed E-state index contributed by atoms with van der Waals surface area (Å²) in [6, 6.07) is 7.58. The number of nitrogen functional groups attached to an aromatic ring is 1. The van der Waals surface area contributed by atoms with Crippen LogP contribution in [0.25, 0.3) is 10.8 Å². The monoisotopic (exact) mass is 192 g/mol. The number of hydrogen-bond acceptors (Lipinski definition) is 2. The maximum Gasteiger partial charge on any atom is 0.131 e. The van der Waals surface area contributed by atoms with Crippen LogP contribution in [-0.4, -0.2) is 4.98 Å². The van der Waals surface area contributed by atoms with Gasteiger partial charge in [-0.3, -0.25) is 0 Å². The average Bonchev–Trinajstić information content (AvgIpc) is 2.07. The standard InChI is InChI=1S/C10H9ClN2/c1-6-5-8-7(10(12)13-6)3-2-4-9(8)11/h2-5H,1H3,(H2,12,13). The number of aryl methyl sites for hydroxylation is 1. The summed E-state index contributed by atoms with van der Waals surface area (Å²) in [5.74, 6) is 0.539. The van der Waals surface area contributed by atoms with E-state index in [1.54, 1.807) is 0 Å². The smallest absolute Gasteiger partial charge is 0.131 e. The molecule has 2 nitrogen and oxygen atoms in total. The highest BCUT2D eigenvalue weighted by Gasteiger charge is 2.02. The van der Waals surface area contributed by atoms with Crippen molar-refractivity contribution in [3.05, 3.63) is 35.0 Å². The number of benzene rings is 1. The molecular formula is C10H9ClN2. The Morgan fingerprint density at radius 1 is 1.31 bits per heavy atom. The molecule has 0 aliphatic rings. The molecule has 0 aliphatic carbocycles. The third-order valence-corrected chi connectivity index (χ3v) is 2.31. The van der Waals surface area contributed by atoms with Crippen molar-refractivity contribution in [3.63, 3.8) is 0 Å². The largest absolute Gasteiger partial charge is 0.383 e. The van der Waals surface area contributed by atoms with Crippen molar-refractivity contribution in [1.82, 2.24) is 4.98 Å². The van der Waals surface area contributed by atoms with Crippen LogP contribution in [0.4, 0.5) is 5.82 Å². The van der Waals surface area contributed by atoms with E-state index in [1.165, 1.54) is 0 Å². The zero-order valence-corrected chi connectivity index (χ0v) is 7.97. The maximum atomic E-state index is 6.02. The van der Waals surface area contributed by atoms with Crippen LogP contribution in [0.2, 0.25) is 5.02 Å². The fourth-order valence-corrected chi connectivity index (χ4v) is 1.63. The molecule has 0 radical (unpaired) electrons. The molecule has 0 saturated heterocycles. The van der Waals surface area contributed by atoms with Gasteiger partial charge in [0.05, 0.1) is 0 Å². The predicted molar refractivity (Wildman–Crippen MR) is 55.9 cm³/mol. The van der Waals surface area contributed by atoms with Crippen LogP contribution < -0.4 is 5.73 Å². The molecule has 0 bridgehead atoms. The van der Waals surface area contributed by atoms with Crippen LogP contribution in [0.5, 0.6) is 0 Å². The summed E-state index contributed by atoms with van der Waals surface area (Å²) in [6.07, 6.45) is 0. The Morgan fingerprint density at radius 2 is 2.08 bits per heavy atom. The van der Waals surface area contributed by atoms with Gasteiger partial charge < -0.3 is 5.73 Å². The summed E-state index contributed by atoms with van der Waals surface area (Å²) in [6.45, 7) is 1.90. The quantitative estimate of drug-likeness (QED) is 0.697. The lowest BCUT2D eigenvalue weighted by Crippen LogP contribution is -1.93. The molecule has 2 rings (SSSR count). The molecule has 2 N–H and O–H groups in total. The Morgan fingerprint density at radius 3 is 2.85 bits per heavy atom. The summed E-state index contributed by atoms with van der Waals surface area (Å²) in [5, 5.41) is 2.60. The zero-order valence-electron chi connectivity index (χ0n) is 7.21. The van der Waals surface area contributed by atoms with Crippen LogP contribution in [0.3, 0.4) is 0 Å². The molecule has 3 heteroatoms. The van der Waals surface area contributed by atoms with Crippen LogP contribution in [0.15, 0.2) is 24.3 Å². The molecule has 0 unspecified atom stereocenters. The molecule has 66 valence electrons. The van der Waals surface area contributed by atoms with Gasteiger partial charge in [-0.15, -0.1) is 0 Å². The van der Waals surface area contributed by atoms with Crippen molar-refractivity contribution in [3.8, 4) is 0 Å². The number of hydrogen-bond donors (Lipinski definition) is 1. The second-order valence-corrected chi connectivity index (χ2v) is 3.39. The number of anilines is 1. The van der Waals surface area contributed by atoms with E-state index in [-0.39, 0.29) is 0 Å². The summed E-state index contributed by atoms with van der Waals surface area (Å²) in [5.41, 5.74) is 6.64. The lowest BCUT2D eigenvalue weighted by atomic mass is 10.1. The van der Waals surface area contributed by atoms with Gasteiger partial charge in [-0.05, 0) is 19.1 Å². The average molecular weight is 193 g/mol. The normalized spacial score (nSPS) is 10.6. The van der Waals surface area contributed by atoms with Gasteiger partial charge in [0, 0.05) is 21.5 Å². The first-order valence-corrected chi connectivity index (χ1v) is 4.37. The van der Waals surface area contributed by atoms with Crippen molar-refractivity contribution < 1.29 is 0 Å². The number of nitrogens with zero attached hydrogens (tertiary/aromatic N) is 1. The number of aromatic nitrogens is 1. The van der Waals surface area contributed by atoms with E-state index in [1.807, 2.05) is 31.2 Å². The summed E-state index contributed by atoms with van der Waals surface area (Å²) in [4.78, 5) is 4.16. The first-order chi connectivity index (χ1) is 6.18. The summed E-state index contributed by atoms with van der Waals surface area (Å²) >= 11 is 6.02. The van der Waals surface area contributed by atoms with Gasteiger partial charge in [-0.1, -0.05) is 23.7 Å². The van der Waals surface area contributed by atoms with E-state index in [9.17, 15) is 0 Å². The van der Waals surface area contributed by atoms with Crippen molar-refractivity contribution in [2.45, 2.75) is 6.92 Å². The first kappa shape index (κ1) is 8.32. The van der Waals surface area contributed by atoms with Gasteiger partial charge in [0.25, 0.3) is 0 Å². The van der Waals surface area contributed by atoms with Crippen LogP contribution >= 0.6 is 11.6 Å². The van der Waals surface area contributed by atoms with Gasteiger partial charge in [0.15, 0.2) is 0 Å². The lowest BCUT2D eigenvalue weighted by Gasteiger charge is -2.03. The van der Waals surface area contributed by atoms with Crippen molar-refractivity contribution in [1.29, 1.82) is 0 Å². The lowest BCUT2D eigenvalue weighted by molar-refractivity contribution is 1.23. The molecular weight excluding hydrogens is 184 g/mol. The van der Waals surface area contributed by atoms with Gasteiger partial charge in [0.1, 0.15) is 5.82 Å². The second-order valence-electron chi connectivity index (χ2n) is 2.98. The van der Waals surface area contributed by atoms with Crippen molar-refractivity contribution >= 4 is 28.2 Å². The predicted octanol–water partition coefficient (Wildman–Crippen LogP) is 2.78. The Labute approximate surface area is 81.3 Å². The van der Waals surface area contributed by atoms with E-state index >= 15 is 0 Å². The minimum Gasteiger partial charge on any atom is -0.383 e. The molecule has 1 aromatic heterocycles. The SMILES string of the molecule is Cc1cc2c(Cl)cccc2c(N)n1. The van der Waals surface area contributed by atoms with Gasteiger partial charge in [-0.25, -0.2) is 4.98 Å². The summed E-state index contributed by atoms with van der Waals surface area (Å²) in [7, 11) is 0. The van der Waals surface area contributed by atoms with E-state index in [4.69, 9.17) is 17.3 Å². The fourth-order valence-electron chi connectivity index (χ4n) is 1.40. The molecule has 0 saturated carbocycles. The highest BCUT2D eigenvalue weighted by molar-refractivity contribution is 6.35. The number of fused-ring (bicyclic) bond motifs is 1. The number of halogens is 1. The molecule has 0 aliphatic heterocycles. The van der Waals surface area contributed by atoms with E-state index < -0.39 is 0 Å². The molecule has 13 heavy (non-hydrogen) atoms. The van der Waals surface area contributed by atoms with Gasteiger partial charge >= 0.3 is 0 Å². The van der Waals surface area contributed by atoms with Gasteiger partial charge in [0.2, 0.25) is 0 Å². The Kier molecular flexibility index (Phi) is 1.85. The first-order valence-electron chi connectivity index (χ1n) is 4.00. The van der Waals surface area contributed by atoms with Crippen molar-refractivity contribution in [2.75, 3.05) is 5.73 Å². The zero-order chi connectivity index (χ0) is 9.42. The van der Waals surface area contributed by atoms with E-state index in [2.05, 4.69) is 4.98 Å². The van der Waals surface area contributed by atoms with Crippen LogP contribution in [0, 0.1) is 6.92 Å². The third-order valence-electron chi connectivity index (χ3n) is 1.98. The molecule has 2 aromatic rings. The number of nitrogens with two attached hydrogens (primary N) is 1. The highest BCUT2D eigenvalue weighted by Crippen LogP contribution is 2.26. The van der Waals surface area contributed by atoms with E-state index in [0.717, 1.165) is 21.5 Å². The minimum absolute atomic E-state index is 0.539. The van der Waals surface area contributed by atoms with Gasteiger partial charge in [-0.2, -0.15) is 0 Å². The van der Waals surface area contributed by atoms with E-state index in [0.29, 0.717) is 5.82 Å². The Hall–Kier alpha value is -1.28. The third kappa shape index (κ3) is 1.33. The molecule has 0 atom stereocenters. The number of pyridine rings is 1. The van der Waals surface area contributed by atoms with Crippen LogP contribution in [0.1, 0.15) is 5.69 Å². The topological polar surface area (TPSA) is 38.9 Å². The number of rotatable bonds is 0. The molecule has 0 amide bonds. The Bertz CT molecular complexity index is 466. The molecule has 0 fully saturated rings. The minimum atomic E-state index is 0.539. The fraction of sp³-hybridized carbons (Fsp3) is 0.100. The van der Waals surface area contributed by atoms with Crippen molar-refractivity contribution in [2.24, 2.45) is 0 Å². The molecule has 0 spiro atoms. The summed E-state index contributed by atoms with van der Waals surface area (Å²) < 4.78 is 0. The van der Waals surface area contributed by atoms with Crippen LogP contribution in [-0.2, 0) is 0 Å². The molecule has 1 heterocycles.